The molecule has 172 valence electrons. The molecule has 2 aromatic carbocycles. The standard InChI is InChI=1S/C26H32O6/c1-15(2)6-8-18-19(27)13-20(28)24-21(29)14-23(32-25(18)24)16-7-9-22(31-5)17(12-16)10-11-26(3,4)30/h6-7,9,12-13,23,27-28,30H,8,10-11,14H2,1-5H3/t23-/m0/s1. The summed E-state index contributed by atoms with van der Waals surface area (Å²) in [6.07, 6.45) is 2.99. The van der Waals surface area contributed by atoms with Gasteiger partial charge in [0.05, 0.1) is 19.1 Å². The van der Waals surface area contributed by atoms with E-state index >= 15 is 0 Å². The Hall–Kier alpha value is -2.99. The van der Waals surface area contributed by atoms with Gasteiger partial charge in [-0.1, -0.05) is 17.7 Å². The maximum Gasteiger partial charge on any atom is 0.174 e. The smallest absolute Gasteiger partial charge is 0.174 e. The van der Waals surface area contributed by atoms with Crippen LogP contribution in [0, 0.1) is 0 Å². The van der Waals surface area contributed by atoms with Gasteiger partial charge in [-0.15, -0.1) is 0 Å². The second-order valence-electron chi connectivity index (χ2n) is 9.20. The molecular weight excluding hydrogens is 408 g/mol. The van der Waals surface area contributed by atoms with E-state index < -0.39 is 11.7 Å². The fourth-order valence-corrected chi connectivity index (χ4v) is 3.85. The Morgan fingerprint density at radius 1 is 1.22 bits per heavy atom. The molecule has 0 fully saturated rings. The quantitative estimate of drug-likeness (QED) is 0.523. The van der Waals surface area contributed by atoms with Crippen LogP contribution in [-0.4, -0.2) is 33.8 Å². The largest absolute Gasteiger partial charge is 0.507 e. The van der Waals surface area contributed by atoms with Crippen molar-refractivity contribution in [2.24, 2.45) is 0 Å². The monoisotopic (exact) mass is 440 g/mol. The van der Waals surface area contributed by atoms with E-state index in [0.29, 0.717) is 30.6 Å². The van der Waals surface area contributed by atoms with Crippen LogP contribution in [0.2, 0.25) is 0 Å². The number of ether oxygens (including phenoxy) is 2. The van der Waals surface area contributed by atoms with Crippen LogP contribution in [0.3, 0.4) is 0 Å². The summed E-state index contributed by atoms with van der Waals surface area (Å²) in [4.78, 5) is 13.0. The highest BCUT2D eigenvalue weighted by Gasteiger charge is 2.33. The Balaban J connectivity index is 2.00. The van der Waals surface area contributed by atoms with Crippen LogP contribution in [0.25, 0.3) is 0 Å². The second-order valence-corrected chi connectivity index (χ2v) is 9.20. The van der Waals surface area contributed by atoms with Gasteiger partial charge in [-0.3, -0.25) is 4.79 Å². The zero-order valence-corrected chi connectivity index (χ0v) is 19.4. The van der Waals surface area contributed by atoms with Crippen LogP contribution < -0.4 is 9.47 Å². The fraction of sp³-hybridized carbons (Fsp3) is 0.423. The molecule has 0 unspecified atom stereocenters. The number of allylic oxidation sites excluding steroid dienone is 2. The number of phenolic OH excluding ortho intramolecular Hbond substituents is 2. The van der Waals surface area contributed by atoms with Crippen molar-refractivity contribution in [3.63, 3.8) is 0 Å². The normalized spacial score (nSPS) is 15.7. The SMILES string of the molecule is COc1ccc([C@@H]2CC(=O)c3c(O)cc(O)c(CC=C(C)C)c3O2)cc1CCC(C)(C)O. The molecule has 2 aromatic rings. The lowest BCUT2D eigenvalue weighted by atomic mass is 9.90. The van der Waals surface area contributed by atoms with Crippen molar-refractivity contribution in [1.82, 2.24) is 0 Å². The maximum absolute atomic E-state index is 13.0. The van der Waals surface area contributed by atoms with Crippen molar-refractivity contribution in [2.45, 2.75) is 65.1 Å². The summed E-state index contributed by atoms with van der Waals surface area (Å²) in [5.74, 6) is 0.325. The summed E-state index contributed by atoms with van der Waals surface area (Å²) < 4.78 is 11.7. The van der Waals surface area contributed by atoms with Crippen LogP contribution in [0.4, 0.5) is 0 Å². The Morgan fingerprint density at radius 2 is 1.94 bits per heavy atom. The van der Waals surface area contributed by atoms with Gasteiger partial charge < -0.3 is 24.8 Å². The molecule has 0 radical (unpaired) electrons. The lowest BCUT2D eigenvalue weighted by Gasteiger charge is -2.29. The third kappa shape index (κ3) is 5.25. The summed E-state index contributed by atoms with van der Waals surface area (Å²) in [6.45, 7) is 7.42. The van der Waals surface area contributed by atoms with Crippen molar-refractivity contribution < 1.29 is 29.6 Å². The zero-order chi connectivity index (χ0) is 23.6. The van der Waals surface area contributed by atoms with Crippen LogP contribution in [0.1, 0.15) is 73.7 Å². The van der Waals surface area contributed by atoms with E-state index in [4.69, 9.17) is 9.47 Å². The molecule has 32 heavy (non-hydrogen) atoms. The molecule has 1 atom stereocenters. The van der Waals surface area contributed by atoms with Gasteiger partial charge in [-0.25, -0.2) is 0 Å². The summed E-state index contributed by atoms with van der Waals surface area (Å²) >= 11 is 0. The predicted octanol–water partition coefficient (Wildman–Crippen LogP) is 5.03. The van der Waals surface area contributed by atoms with Crippen molar-refractivity contribution in [3.8, 4) is 23.0 Å². The zero-order valence-electron chi connectivity index (χ0n) is 19.4. The van der Waals surface area contributed by atoms with Crippen LogP contribution in [-0.2, 0) is 12.8 Å². The minimum atomic E-state index is -0.813. The topological polar surface area (TPSA) is 96.2 Å². The highest BCUT2D eigenvalue weighted by atomic mass is 16.5. The molecule has 1 heterocycles. The first-order valence-corrected chi connectivity index (χ1v) is 10.8. The van der Waals surface area contributed by atoms with Gasteiger partial charge in [-0.2, -0.15) is 0 Å². The Bertz CT molecular complexity index is 1040. The number of benzene rings is 2. The molecule has 0 aliphatic carbocycles. The molecule has 6 heteroatoms. The molecule has 1 aliphatic rings. The average molecular weight is 441 g/mol. The molecule has 6 nitrogen and oxygen atoms in total. The second kappa shape index (κ2) is 9.25. The van der Waals surface area contributed by atoms with Crippen LogP contribution >= 0.6 is 0 Å². The number of rotatable bonds is 7. The van der Waals surface area contributed by atoms with Gasteiger partial charge in [-0.05, 0) is 70.2 Å². The van der Waals surface area contributed by atoms with Crippen molar-refractivity contribution in [3.05, 3.63) is 58.2 Å². The van der Waals surface area contributed by atoms with E-state index in [-0.39, 0.29) is 35.0 Å². The van der Waals surface area contributed by atoms with Crippen molar-refractivity contribution in [2.75, 3.05) is 7.11 Å². The highest BCUT2D eigenvalue weighted by Crippen LogP contribution is 2.46. The highest BCUT2D eigenvalue weighted by molar-refractivity contribution is 6.03. The summed E-state index contributed by atoms with van der Waals surface area (Å²) in [6, 6.07) is 6.83. The number of fused-ring (bicyclic) bond motifs is 1. The third-order valence-corrected chi connectivity index (χ3v) is 5.65. The van der Waals surface area contributed by atoms with E-state index in [9.17, 15) is 20.1 Å². The Morgan fingerprint density at radius 3 is 2.56 bits per heavy atom. The molecule has 0 amide bonds. The number of carbonyl (C=O) groups excluding carboxylic acids is 1. The average Bonchev–Trinajstić information content (AvgIpc) is 2.70. The number of hydrogen-bond acceptors (Lipinski definition) is 6. The number of aromatic hydroxyl groups is 2. The minimum Gasteiger partial charge on any atom is -0.507 e. The molecule has 3 rings (SSSR count). The van der Waals surface area contributed by atoms with Crippen LogP contribution in [0.15, 0.2) is 35.9 Å². The van der Waals surface area contributed by atoms with Gasteiger partial charge in [0.2, 0.25) is 0 Å². The first-order valence-electron chi connectivity index (χ1n) is 10.8. The molecule has 0 aromatic heterocycles. The molecule has 0 saturated heterocycles. The number of carbonyl (C=O) groups is 1. The van der Waals surface area contributed by atoms with Gasteiger partial charge in [0.25, 0.3) is 0 Å². The first kappa shape index (κ1) is 23.7. The number of aryl methyl sites for hydroxylation is 1. The maximum atomic E-state index is 13.0. The minimum absolute atomic E-state index is 0.0741. The van der Waals surface area contributed by atoms with E-state index in [1.54, 1.807) is 21.0 Å². The van der Waals surface area contributed by atoms with E-state index in [1.165, 1.54) is 6.07 Å². The number of hydrogen-bond donors (Lipinski definition) is 3. The first-order chi connectivity index (χ1) is 15.0. The van der Waals surface area contributed by atoms with Gasteiger partial charge in [0.1, 0.15) is 34.7 Å². The predicted molar refractivity (Wildman–Crippen MR) is 123 cm³/mol. The summed E-state index contributed by atoms with van der Waals surface area (Å²) in [5, 5.41) is 30.9. The van der Waals surface area contributed by atoms with Crippen molar-refractivity contribution in [1.29, 1.82) is 0 Å². The summed E-state index contributed by atoms with van der Waals surface area (Å²) in [5.41, 5.74) is 2.56. The molecular formula is C26H32O6. The number of aliphatic hydroxyl groups is 1. The molecule has 0 saturated carbocycles. The van der Waals surface area contributed by atoms with Crippen molar-refractivity contribution >= 4 is 5.78 Å². The molecule has 1 aliphatic heterocycles. The molecule has 0 bridgehead atoms. The van der Waals surface area contributed by atoms with Gasteiger partial charge >= 0.3 is 0 Å². The third-order valence-electron chi connectivity index (χ3n) is 5.65. The Kier molecular flexibility index (Phi) is 6.84. The van der Waals surface area contributed by atoms with E-state index in [0.717, 1.165) is 16.7 Å². The van der Waals surface area contributed by atoms with E-state index in [2.05, 4.69) is 0 Å². The molecule has 3 N–H and O–H groups in total. The van der Waals surface area contributed by atoms with Gasteiger partial charge in [0.15, 0.2) is 5.78 Å². The number of Topliss-reactive ketones (excluding diaryl/α,β-unsaturated/α-hetero) is 1. The number of ketones is 1. The number of methoxy groups -OCH3 is 1. The Labute approximate surface area is 189 Å². The van der Waals surface area contributed by atoms with Crippen LogP contribution in [0.5, 0.6) is 23.0 Å². The lowest BCUT2D eigenvalue weighted by molar-refractivity contribution is 0.0712. The summed E-state index contributed by atoms with van der Waals surface area (Å²) in [7, 11) is 1.60. The fourth-order valence-electron chi connectivity index (χ4n) is 3.85. The molecule has 0 spiro atoms. The lowest BCUT2D eigenvalue weighted by Crippen LogP contribution is -2.22. The number of phenols is 2. The van der Waals surface area contributed by atoms with E-state index in [1.807, 2.05) is 38.1 Å². The van der Waals surface area contributed by atoms with Gasteiger partial charge in [0, 0.05) is 11.6 Å².